The molecule has 0 unspecified atom stereocenters. The summed E-state index contributed by atoms with van der Waals surface area (Å²) >= 11 is 0. The first-order valence-electron chi connectivity index (χ1n) is 10.3. The van der Waals surface area contributed by atoms with Gasteiger partial charge in [-0.3, -0.25) is 4.79 Å². The van der Waals surface area contributed by atoms with Gasteiger partial charge < -0.3 is 20.9 Å². The molecule has 1 fully saturated rings. The van der Waals surface area contributed by atoms with E-state index in [0.717, 1.165) is 24.5 Å². The van der Waals surface area contributed by atoms with Crippen molar-refractivity contribution >= 4 is 23.4 Å². The van der Waals surface area contributed by atoms with Crippen molar-refractivity contribution < 1.29 is 9.59 Å². The van der Waals surface area contributed by atoms with Crippen molar-refractivity contribution in [2.45, 2.75) is 38.6 Å². The Bertz CT molecular complexity index is 772. The molecule has 0 aliphatic carbocycles. The number of hydrogen-bond donors (Lipinski definition) is 3. The molecular weight excluding hydrogens is 366 g/mol. The van der Waals surface area contributed by atoms with Crippen LogP contribution in [-0.4, -0.2) is 36.6 Å². The van der Waals surface area contributed by atoms with Gasteiger partial charge in [-0.25, -0.2) is 9.78 Å². The number of urea groups is 1. The Hall–Kier alpha value is -3.09. The van der Waals surface area contributed by atoms with Crippen LogP contribution in [0.15, 0.2) is 48.7 Å². The number of para-hydroxylation sites is 1. The van der Waals surface area contributed by atoms with Crippen LogP contribution >= 0.6 is 0 Å². The number of aromatic nitrogens is 1. The van der Waals surface area contributed by atoms with Gasteiger partial charge in [-0.15, -0.1) is 0 Å². The highest BCUT2D eigenvalue weighted by Crippen LogP contribution is 2.17. The van der Waals surface area contributed by atoms with Crippen molar-refractivity contribution in [3.05, 3.63) is 54.2 Å². The van der Waals surface area contributed by atoms with Gasteiger partial charge >= 0.3 is 6.03 Å². The van der Waals surface area contributed by atoms with Gasteiger partial charge in [0.05, 0.1) is 0 Å². The van der Waals surface area contributed by atoms with Crippen LogP contribution in [0.4, 0.5) is 16.3 Å². The monoisotopic (exact) mass is 395 g/mol. The number of rotatable bonds is 7. The third kappa shape index (κ3) is 7.10. The van der Waals surface area contributed by atoms with Gasteiger partial charge in [0, 0.05) is 44.5 Å². The van der Waals surface area contributed by atoms with Crippen molar-refractivity contribution in [2.24, 2.45) is 0 Å². The zero-order chi connectivity index (χ0) is 20.3. The SMILES string of the molecule is O=C(CCNC(=O)Nc1ccccc1)NCc1ccc(N2CCCCCC2)nc1. The van der Waals surface area contributed by atoms with Gasteiger partial charge in [0.25, 0.3) is 0 Å². The highest BCUT2D eigenvalue weighted by molar-refractivity contribution is 5.89. The summed E-state index contributed by atoms with van der Waals surface area (Å²) in [4.78, 5) is 30.7. The van der Waals surface area contributed by atoms with Crippen molar-refractivity contribution in [3.8, 4) is 0 Å². The summed E-state index contributed by atoms with van der Waals surface area (Å²) in [6.07, 6.45) is 7.08. The maximum atomic E-state index is 12.0. The topological polar surface area (TPSA) is 86.4 Å². The Morgan fingerprint density at radius 1 is 0.931 bits per heavy atom. The van der Waals surface area contributed by atoms with E-state index >= 15 is 0 Å². The molecule has 0 spiro atoms. The molecule has 29 heavy (non-hydrogen) atoms. The van der Waals surface area contributed by atoms with Gasteiger partial charge in [-0.1, -0.05) is 37.1 Å². The number of nitrogens with zero attached hydrogens (tertiary/aromatic N) is 2. The summed E-state index contributed by atoms with van der Waals surface area (Å²) in [5, 5.41) is 8.26. The molecule has 1 saturated heterocycles. The number of nitrogens with one attached hydrogen (secondary N) is 3. The largest absolute Gasteiger partial charge is 0.357 e. The molecule has 0 saturated carbocycles. The Morgan fingerprint density at radius 2 is 1.69 bits per heavy atom. The third-order valence-corrected chi connectivity index (χ3v) is 4.90. The summed E-state index contributed by atoms with van der Waals surface area (Å²) < 4.78 is 0. The van der Waals surface area contributed by atoms with Crippen molar-refractivity contribution in [1.29, 1.82) is 0 Å². The van der Waals surface area contributed by atoms with Gasteiger partial charge in [-0.05, 0) is 36.6 Å². The van der Waals surface area contributed by atoms with E-state index in [1.165, 1.54) is 25.7 Å². The molecule has 0 radical (unpaired) electrons. The van der Waals surface area contributed by atoms with Crippen LogP contribution in [0.5, 0.6) is 0 Å². The highest BCUT2D eigenvalue weighted by atomic mass is 16.2. The van der Waals surface area contributed by atoms with E-state index in [4.69, 9.17) is 0 Å². The summed E-state index contributed by atoms with van der Waals surface area (Å²) in [5.74, 6) is 0.900. The Morgan fingerprint density at radius 3 is 2.38 bits per heavy atom. The third-order valence-electron chi connectivity index (χ3n) is 4.90. The average molecular weight is 396 g/mol. The second-order valence-corrected chi connectivity index (χ2v) is 7.20. The van der Waals surface area contributed by atoms with Crippen LogP contribution in [0.1, 0.15) is 37.7 Å². The minimum atomic E-state index is -0.322. The first-order valence-corrected chi connectivity index (χ1v) is 10.3. The minimum Gasteiger partial charge on any atom is -0.357 e. The quantitative estimate of drug-likeness (QED) is 0.671. The van der Waals surface area contributed by atoms with E-state index in [2.05, 4.69) is 25.8 Å². The molecule has 0 atom stereocenters. The lowest BCUT2D eigenvalue weighted by molar-refractivity contribution is -0.121. The van der Waals surface area contributed by atoms with Gasteiger partial charge in [0.1, 0.15) is 5.82 Å². The summed E-state index contributed by atoms with van der Waals surface area (Å²) in [5.41, 5.74) is 1.68. The molecule has 2 heterocycles. The molecule has 1 aromatic carbocycles. The number of carbonyl (C=O) groups excluding carboxylic acids is 2. The first-order chi connectivity index (χ1) is 14.2. The maximum Gasteiger partial charge on any atom is 0.319 e. The van der Waals surface area contributed by atoms with Crippen molar-refractivity contribution in [1.82, 2.24) is 15.6 Å². The summed E-state index contributed by atoms with van der Waals surface area (Å²) in [7, 11) is 0. The lowest BCUT2D eigenvalue weighted by Gasteiger charge is -2.21. The molecule has 3 rings (SSSR count). The fraction of sp³-hybridized carbons (Fsp3) is 0.409. The zero-order valence-corrected chi connectivity index (χ0v) is 16.7. The number of pyridine rings is 1. The van der Waals surface area contributed by atoms with E-state index in [1.54, 1.807) is 12.1 Å². The van der Waals surface area contributed by atoms with Crippen LogP contribution in [0.3, 0.4) is 0 Å². The molecular formula is C22H29N5O2. The molecule has 3 N–H and O–H groups in total. The second-order valence-electron chi connectivity index (χ2n) is 7.20. The molecule has 0 bridgehead atoms. The van der Waals surface area contributed by atoms with Crippen molar-refractivity contribution in [2.75, 3.05) is 29.9 Å². The van der Waals surface area contributed by atoms with Crippen LogP contribution in [-0.2, 0) is 11.3 Å². The number of carbonyl (C=O) groups is 2. The fourth-order valence-electron chi connectivity index (χ4n) is 3.28. The fourth-order valence-corrected chi connectivity index (χ4v) is 3.28. The predicted molar refractivity (Wildman–Crippen MR) is 115 cm³/mol. The van der Waals surface area contributed by atoms with Gasteiger partial charge in [-0.2, -0.15) is 0 Å². The minimum absolute atomic E-state index is 0.110. The standard InChI is InChI=1S/C22H29N5O2/c28-21(12-13-23-22(29)26-19-8-4-3-5-9-19)25-17-18-10-11-20(24-16-18)27-14-6-1-2-7-15-27/h3-5,8-11,16H,1-2,6-7,12-15,17H2,(H,25,28)(H2,23,26,29). The van der Waals surface area contributed by atoms with Gasteiger partial charge in [0.2, 0.25) is 5.91 Å². The number of benzene rings is 1. The molecule has 7 heteroatoms. The van der Waals surface area contributed by atoms with Crippen LogP contribution in [0, 0.1) is 0 Å². The van der Waals surface area contributed by atoms with E-state index in [0.29, 0.717) is 12.2 Å². The molecule has 154 valence electrons. The normalized spacial score (nSPS) is 14.0. The number of hydrogen-bond acceptors (Lipinski definition) is 4. The lowest BCUT2D eigenvalue weighted by atomic mass is 10.2. The lowest BCUT2D eigenvalue weighted by Crippen LogP contribution is -2.33. The Kier molecular flexibility index (Phi) is 7.86. The summed E-state index contributed by atoms with van der Waals surface area (Å²) in [6, 6.07) is 12.9. The first kappa shape index (κ1) is 20.6. The average Bonchev–Trinajstić information content (AvgIpc) is 3.03. The smallest absolute Gasteiger partial charge is 0.319 e. The van der Waals surface area contributed by atoms with Crippen LogP contribution < -0.4 is 20.9 Å². The highest BCUT2D eigenvalue weighted by Gasteiger charge is 2.11. The second kappa shape index (κ2) is 11.0. The molecule has 1 aromatic heterocycles. The number of anilines is 2. The molecule has 3 amide bonds. The van der Waals surface area contributed by atoms with Crippen molar-refractivity contribution in [3.63, 3.8) is 0 Å². The van der Waals surface area contributed by atoms with E-state index in [1.807, 2.05) is 36.5 Å². The van der Waals surface area contributed by atoms with E-state index < -0.39 is 0 Å². The molecule has 1 aliphatic heterocycles. The van der Waals surface area contributed by atoms with Crippen LogP contribution in [0.25, 0.3) is 0 Å². The Balaban J connectivity index is 1.34. The maximum absolute atomic E-state index is 12.0. The summed E-state index contributed by atoms with van der Waals surface area (Å²) in [6.45, 7) is 2.83. The van der Waals surface area contributed by atoms with E-state index in [9.17, 15) is 9.59 Å². The zero-order valence-electron chi connectivity index (χ0n) is 16.7. The van der Waals surface area contributed by atoms with E-state index in [-0.39, 0.29) is 24.9 Å². The molecule has 7 nitrogen and oxygen atoms in total. The Labute approximate surface area is 171 Å². The molecule has 2 aromatic rings. The molecule has 1 aliphatic rings. The predicted octanol–water partition coefficient (Wildman–Crippen LogP) is 3.29. The van der Waals surface area contributed by atoms with Gasteiger partial charge in [0.15, 0.2) is 0 Å². The van der Waals surface area contributed by atoms with Crippen LogP contribution in [0.2, 0.25) is 0 Å². The number of amides is 3.